The van der Waals surface area contributed by atoms with E-state index < -0.39 is 0 Å². The van der Waals surface area contributed by atoms with Gasteiger partial charge in [-0.15, -0.1) is 0 Å². The lowest BCUT2D eigenvalue weighted by Gasteiger charge is -2.19. The zero-order chi connectivity index (χ0) is 22.7. The Labute approximate surface area is 189 Å². The summed E-state index contributed by atoms with van der Waals surface area (Å²) >= 11 is 0. The number of benzene rings is 1. The number of likely N-dealkylation sites (tertiary alicyclic amines) is 1. The summed E-state index contributed by atoms with van der Waals surface area (Å²) in [7, 11) is 1.64. The van der Waals surface area contributed by atoms with E-state index in [1.165, 1.54) is 12.8 Å². The number of aryl methyl sites for hydroxylation is 2. The zero-order valence-electron chi connectivity index (χ0n) is 19.0. The van der Waals surface area contributed by atoms with Gasteiger partial charge < -0.3 is 19.7 Å². The maximum Gasteiger partial charge on any atom is 0.245 e. The van der Waals surface area contributed by atoms with E-state index in [-0.39, 0.29) is 30.4 Å². The molecule has 32 heavy (non-hydrogen) atoms. The molecule has 2 aromatic rings. The highest BCUT2D eigenvalue weighted by molar-refractivity contribution is 5.94. The predicted octanol–water partition coefficient (Wildman–Crippen LogP) is 3.98. The van der Waals surface area contributed by atoms with E-state index in [9.17, 15) is 9.59 Å². The SMILES string of the molecule is COc1ccc([C@@H]2CC(=O)N(CC(=O)Nc3cc(C)cc(C)n3)C2)cc1OC1CCCC1. The second kappa shape index (κ2) is 9.59. The maximum atomic E-state index is 12.6. The molecule has 0 unspecified atom stereocenters. The van der Waals surface area contributed by atoms with Crippen LogP contribution in [-0.2, 0) is 9.59 Å². The van der Waals surface area contributed by atoms with E-state index in [0.29, 0.717) is 24.5 Å². The first kappa shape index (κ1) is 22.1. The molecule has 7 nitrogen and oxygen atoms in total. The molecule has 1 atom stereocenters. The van der Waals surface area contributed by atoms with E-state index in [4.69, 9.17) is 9.47 Å². The molecule has 0 bridgehead atoms. The van der Waals surface area contributed by atoms with E-state index >= 15 is 0 Å². The number of nitrogens with one attached hydrogen (secondary N) is 1. The van der Waals surface area contributed by atoms with Crippen molar-refractivity contribution in [1.82, 2.24) is 9.88 Å². The van der Waals surface area contributed by atoms with Gasteiger partial charge in [-0.3, -0.25) is 9.59 Å². The molecule has 1 saturated carbocycles. The molecule has 2 heterocycles. The second-order valence-corrected chi connectivity index (χ2v) is 8.83. The number of rotatable bonds is 7. The molecule has 0 radical (unpaired) electrons. The third-order valence-electron chi connectivity index (χ3n) is 6.17. The first-order valence-corrected chi connectivity index (χ1v) is 11.3. The van der Waals surface area contributed by atoms with Gasteiger partial charge in [-0.05, 0) is 74.9 Å². The molecule has 1 aromatic heterocycles. The van der Waals surface area contributed by atoms with E-state index in [1.807, 2.05) is 44.2 Å². The van der Waals surface area contributed by atoms with Gasteiger partial charge in [-0.2, -0.15) is 0 Å². The molecule has 7 heteroatoms. The summed E-state index contributed by atoms with van der Waals surface area (Å²) in [5, 5.41) is 2.81. The van der Waals surface area contributed by atoms with E-state index in [1.54, 1.807) is 12.0 Å². The van der Waals surface area contributed by atoms with Crippen LogP contribution < -0.4 is 14.8 Å². The summed E-state index contributed by atoms with van der Waals surface area (Å²) in [5.74, 6) is 1.72. The van der Waals surface area contributed by atoms with Crippen molar-refractivity contribution in [3.8, 4) is 11.5 Å². The Morgan fingerprint density at radius 1 is 1.16 bits per heavy atom. The zero-order valence-corrected chi connectivity index (χ0v) is 19.0. The lowest BCUT2D eigenvalue weighted by atomic mass is 9.98. The van der Waals surface area contributed by atoms with Crippen molar-refractivity contribution in [3.05, 3.63) is 47.2 Å². The Morgan fingerprint density at radius 2 is 1.94 bits per heavy atom. The van der Waals surface area contributed by atoms with Crippen LogP contribution in [0.3, 0.4) is 0 Å². The van der Waals surface area contributed by atoms with Crippen molar-refractivity contribution in [2.45, 2.75) is 58.0 Å². The minimum absolute atomic E-state index is 0.0194. The number of anilines is 1. The molecule has 1 saturated heterocycles. The largest absolute Gasteiger partial charge is 0.493 e. The Kier molecular flexibility index (Phi) is 6.63. The number of ether oxygens (including phenoxy) is 2. The highest BCUT2D eigenvalue weighted by atomic mass is 16.5. The van der Waals surface area contributed by atoms with Crippen LogP contribution in [0.15, 0.2) is 30.3 Å². The van der Waals surface area contributed by atoms with Crippen molar-refractivity contribution in [2.24, 2.45) is 0 Å². The topological polar surface area (TPSA) is 80.8 Å². The second-order valence-electron chi connectivity index (χ2n) is 8.83. The number of hydrogen-bond donors (Lipinski definition) is 1. The average Bonchev–Trinajstić information content (AvgIpc) is 3.37. The number of carbonyl (C=O) groups excluding carboxylic acids is 2. The number of nitrogens with zero attached hydrogens (tertiary/aromatic N) is 2. The quantitative estimate of drug-likeness (QED) is 0.709. The van der Waals surface area contributed by atoms with Gasteiger partial charge in [0, 0.05) is 24.6 Å². The number of pyridine rings is 1. The van der Waals surface area contributed by atoms with Crippen LogP contribution in [0.25, 0.3) is 0 Å². The standard InChI is InChI=1S/C25H31N3O4/c1-16-10-17(2)26-23(11-16)27-24(29)15-28-14-19(13-25(28)30)18-8-9-21(31-3)22(12-18)32-20-6-4-5-7-20/h8-12,19-20H,4-7,13-15H2,1-3H3,(H,26,27,29)/t19-/m1/s1. The van der Waals surface area contributed by atoms with Gasteiger partial charge in [0.2, 0.25) is 11.8 Å². The summed E-state index contributed by atoms with van der Waals surface area (Å²) in [4.78, 5) is 31.1. The number of aromatic nitrogens is 1. The number of carbonyl (C=O) groups is 2. The highest BCUT2D eigenvalue weighted by Gasteiger charge is 2.32. The third kappa shape index (κ3) is 5.21. The lowest BCUT2D eigenvalue weighted by molar-refractivity contribution is -0.131. The first-order chi connectivity index (χ1) is 15.4. The number of amides is 2. The summed E-state index contributed by atoms with van der Waals surface area (Å²) in [6, 6.07) is 9.66. The summed E-state index contributed by atoms with van der Waals surface area (Å²) in [5.41, 5.74) is 2.90. The summed E-state index contributed by atoms with van der Waals surface area (Å²) in [6.45, 7) is 4.36. The molecule has 4 rings (SSSR count). The molecule has 170 valence electrons. The Morgan fingerprint density at radius 3 is 2.66 bits per heavy atom. The Bertz CT molecular complexity index is 980. The van der Waals surface area contributed by atoms with Crippen LogP contribution in [0.5, 0.6) is 11.5 Å². The highest BCUT2D eigenvalue weighted by Crippen LogP contribution is 2.37. The van der Waals surface area contributed by atoms with Crippen molar-refractivity contribution in [1.29, 1.82) is 0 Å². The Balaban J connectivity index is 1.41. The van der Waals surface area contributed by atoms with Gasteiger partial charge in [0.05, 0.1) is 19.8 Å². The van der Waals surface area contributed by atoms with Crippen molar-refractivity contribution < 1.29 is 19.1 Å². The van der Waals surface area contributed by atoms with Crippen molar-refractivity contribution in [3.63, 3.8) is 0 Å². The lowest BCUT2D eigenvalue weighted by Crippen LogP contribution is -2.34. The molecular weight excluding hydrogens is 406 g/mol. The molecule has 1 aliphatic carbocycles. The van der Waals surface area contributed by atoms with Gasteiger partial charge in [0.1, 0.15) is 5.82 Å². The monoisotopic (exact) mass is 437 g/mol. The molecule has 2 amide bonds. The van der Waals surface area contributed by atoms with Crippen molar-refractivity contribution >= 4 is 17.6 Å². The number of hydrogen-bond acceptors (Lipinski definition) is 5. The van der Waals surface area contributed by atoms with Crippen LogP contribution >= 0.6 is 0 Å². The predicted molar refractivity (Wildman–Crippen MR) is 122 cm³/mol. The van der Waals surface area contributed by atoms with Crippen LogP contribution in [0, 0.1) is 13.8 Å². The minimum atomic E-state index is -0.239. The fourth-order valence-electron chi connectivity index (χ4n) is 4.63. The molecule has 0 spiro atoms. The van der Waals surface area contributed by atoms with Gasteiger partial charge in [0.15, 0.2) is 11.5 Å². The molecule has 1 aliphatic heterocycles. The molecular formula is C25H31N3O4. The molecule has 2 aliphatic rings. The van der Waals surface area contributed by atoms with Crippen LogP contribution in [0.1, 0.15) is 54.8 Å². The van der Waals surface area contributed by atoms with Gasteiger partial charge in [-0.1, -0.05) is 6.07 Å². The fraction of sp³-hybridized carbons (Fsp3) is 0.480. The third-order valence-corrected chi connectivity index (χ3v) is 6.17. The van der Waals surface area contributed by atoms with E-state index in [2.05, 4.69) is 10.3 Å². The molecule has 2 fully saturated rings. The van der Waals surface area contributed by atoms with Gasteiger partial charge >= 0.3 is 0 Å². The minimum Gasteiger partial charge on any atom is -0.493 e. The van der Waals surface area contributed by atoms with Gasteiger partial charge in [-0.25, -0.2) is 4.98 Å². The number of methoxy groups -OCH3 is 1. The first-order valence-electron chi connectivity index (χ1n) is 11.3. The normalized spacial score (nSPS) is 18.8. The van der Waals surface area contributed by atoms with Crippen LogP contribution in [0.4, 0.5) is 5.82 Å². The van der Waals surface area contributed by atoms with E-state index in [0.717, 1.165) is 35.4 Å². The molecule has 1 aromatic carbocycles. The van der Waals surface area contributed by atoms with Crippen molar-refractivity contribution in [2.75, 3.05) is 25.5 Å². The van der Waals surface area contributed by atoms with Crippen LogP contribution in [0.2, 0.25) is 0 Å². The molecule has 1 N–H and O–H groups in total. The average molecular weight is 438 g/mol. The summed E-state index contributed by atoms with van der Waals surface area (Å²) < 4.78 is 11.7. The van der Waals surface area contributed by atoms with Gasteiger partial charge in [0.25, 0.3) is 0 Å². The fourth-order valence-corrected chi connectivity index (χ4v) is 4.63. The maximum absolute atomic E-state index is 12.6. The summed E-state index contributed by atoms with van der Waals surface area (Å²) in [6.07, 6.45) is 5.12. The van der Waals surface area contributed by atoms with Crippen LogP contribution in [-0.4, -0.2) is 48.0 Å². The Hall–Kier alpha value is -3.09. The smallest absolute Gasteiger partial charge is 0.245 e.